The van der Waals surface area contributed by atoms with Crippen molar-refractivity contribution in [1.29, 1.82) is 0 Å². The van der Waals surface area contributed by atoms with Gasteiger partial charge in [0.1, 0.15) is 6.10 Å². The number of hydrogen-bond acceptors (Lipinski definition) is 7. The minimum absolute atomic E-state index is 0.0537. The summed E-state index contributed by atoms with van der Waals surface area (Å²) in [6.45, 7) is 1.87. The van der Waals surface area contributed by atoms with Gasteiger partial charge in [-0.3, -0.25) is 0 Å². The summed E-state index contributed by atoms with van der Waals surface area (Å²) in [4.78, 5) is 0. The Hall–Kier alpha value is -3.06. The second-order valence-corrected chi connectivity index (χ2v) is 6.46. The summed E-state index contributed by atoms with van der Waals surface area (Å²) in [7, 11) is 6.28. The predicted molar refractivity (Wildman–Crippen MR) is 109 cm³/mol. The van der Waals surface area contributed by atoms with Gasteiger partial charge in [-0.2, -0.15) is 0 Å². The fourth-order valence-corrected chi connectivity index (χ4v) is 3.32. The third kappa shape index (κ3) is 4.05. The molecule has 0 fully saturated rings. The highest BCUT2D eigenvalue weighted by molar-refractivity contribution is 5.63. The summed E-state index contributed by atoms with van der Waals surface area (Å²) in [6, 6.07) is 7.38. The largest absolute Gasteiger partial charge is 0.493 e. The van der Waals surface area contributed by atoms with Crippen LogP contribution in [0.4, 0.5) is 0 Å². The van der Waals surface area contributed by atoms with E-state index in [1.165, 1.54) is 0 Å². The molecule has 0 radical (unpaired) electrons. The molecule has 1 heterocycles. The van der Waals surface area contributed by atoms with Crippen molar-refractivity contribution in [2.45, 2.75) is 19.1 Å². The van der Waals surface area contributed by atoms with Gasteiger partial charge in [0.2, 0.25) is 11.5 Å². The lowest BCUT2D eigenvalue weighted by atomic mass is 10.0. The van der Waals surface area contributed by atoms with Crippen molar-refractivity contribution in [2.75, 3.05) is 35.0 Å². The van der Waals surface area contributed by atoms with Gasteiger partial charge in [-0.05, 0) is 36.8 Å². The number of rotatable bonds is 7. The van der Waals surface area contributed by atoms with Crippen LogP contribution >= 0.6 is 0 Å². The lowest BCUT2D eigenvalue weighted by molar-refractivity contribution is 0.0279. The summed E-state index contributed by atoms with van der Waals surface area (Å²) < 4.78 is 34.2. The minimum Gasteiger partial charge on any atom is -0.493 e. The van der Waals surface area contributed by atoms with Crippen LogP contribution in [0.15, 0.2) is 30.3 Å². The quantitative estimate of drug-likeness (QED) is 0.758. The Bertz CT molecular complexity index is 866. The predicted octanol–water partition coefficient (Wildman–Crippen LogP) is 3.63. The molecule has 0 saturated carbocycles. The van der Waals surface area contributed by atoms with Crippen LogP contribution in [-0.2, 0) is 0 Å². The van der Waals surface area contributed by atoms with E-state index in [-0.39, 0.29) is 12.7 Å². The van der Waals surface area contributed by atoms with E-state index >= 15 is 0 Å². The third-order valence-corrected chi connectivity index (χ3v) is 4.68. The van der Waals surface area contributed by atoms with Gasteiger partial charge in [0.15, 0.2) is 29.1 Å². The second kappa shape index (κ2) is 8.96. The Morgan fingerprint density at radius 3 is 2.10 bits per heavy atom. The number of hydrogen-bond donors (Lipinski definition) is 1. The number of aliphatic hydroxyl groups is 1. The van der Waals surface area contributed by atoms with Crippen molar-refractivity contribution in [3.05, 3.63) is 41.5 Å². The van der Waals surface area contributed by atoms with Crippen molar-refractivity contribution in [1.82, 2.24) is 0 Å². The fraction of sp³-hybridized carbons (Fsp3) is 0.364. The molecule has 1 aliphatic rings. The smallest absolute Gasteiger partial charge is 0.204 e. The van der Waals surface area contributed by atoms with E-state index in [1.807, 2.05) is 31.2 Å². The monoisotopic (exact) mass is 402 g/mol. The third-order valence-electron chi connectivity index (χ3n) is 4.68. The molecule has 0 unspecified atom stereocenters. The number of methoxy groups -OCH3 is 4. The molecular formula is C22H26O7. The Kier molecular flexibility index (Phi) is 6.39. The molecular weight excluding hydrogens is 376 g/mol. The maximum atomic E-state index is 9.05. The lowest BCUT2D eigenvalue weighted by Crippen LogP contribution is -2.31. The molecule has 7 heteroatoms. The molecule has 2 aromatic rings. The van der Waals surface area contributed by atoms with Crippen molar-refractivity contribution in [3.8, 4) is 34.5 Å². The SMILES string of the molecule is COc1cc([C@H]2Oc3cc(/C=C/CO)cc(OC)c3O[C@@H]2C)cc(OC)c1OC. The highest BCUT2D eigenvalue weighted by atomic mass is 16.6. The number of ether oxygens (including phenoxy) is 6. The van der Waals surface area contributed by atoms with E-state index in [9.17, 15) is 0 Å². The van der Waals surface area contributed by atoms with Gasteiger partial charge < -0.3 is 33.5 Å². The van der Waals surface area contributed by atoms with Crippen molar-refractivity contribution < 1.29 is 33.5 Å². The fourth-order valence-electron chi connectivity index (χ4n) is 3.32. The molecule has 0 bridgehead atoms. The van der Waals surface area contributed by atoms with Gasteiger partial charge in [-0.15, -0.1) is 0 Å². The van der Waals surface area contributed by atoms with Crippen LogP contribution in [0.1, 0.15) is 24.2 Å². The van der Waals surface area contributed by atoms with Gasteiger partial charge in [-0.25, -0.2) is 0 Å². The van der Waals surface area contributed by atoms with Crippen LogP contribution < -0.4 is 28.4 Å². The molecule has 0 saturated heterocycles. The standard InChI is InChI=1S/C22H26O7/c1-13-20(15-11-17(25-3)21(27-5)18(12-15)26-4)29-19-10-14(7-6-8-23)9-16(24-2)22(19)28-13/h6-7,9-13,20,23H,8H2,1-5H3/b7-6+/t13-,20+/m1/s1. The summed E-state index contributed by atoms with van der Waals surface area (Å²) in [5.74, 6) is 3.27. The van der Waals surface area contributed by atoms with E-state index in [2.05, 4.69) is 0 Å². The Balaban J connectivity index is 2.04. The molecule has 0 spiro atoms. The molecule has 2 aromatic carbocycles. The topological polar surface area (TPSA) is 75.6 Å². The first-order valence-corrected chi connectivity index (χ1v) is 9.18. The molecule has 1 N–H and O–H groups in total. The first kappa shape index (κ1) is 20.7. The molecule has 7 nitrogen and oxygen atoms in total. The van der Waals surface area contributed by atoms with Gasteiger partial charge in [0.25, 0.3) is 0 Å². The molecule has 2 atom stereocenters. The first-order valence-electron chi connectivity index (χ1n) is 9.18. The molecule has 0 aliphatic carbocycles. The van der Waals surface area contributed by atoms with Gasteiger partial charge in [-0.1, -0.05) is 12.2 Å². The molecule has 29 heavy (non-hydrogen) atoms. The summed E-state index contributed by atoms with van der Waals surface area (Å²) >= 11 is 0. The summed E-state index contributed by atoms with van der Waals surface area (Å²) in [5.41, 5.74) is 1.66. The maximum absolute atomic E-state index is 9.05. The first-order chi connectivity index (χ1) is 14.1. The van der Waals surface area contributed by atoms with E-state index < -0.39 is 6.10 Å². The molecule has 3 rings (SSSR count). The van der Waals surface area contributed by atoms with Crippen LogP contribution in [-0.4, -0.2) is 46.3 Å². The summed E-state index contributed by atoms with van der Waals surface area (Å²) in [5, 5.41) is 9.05. The van der Waals surface area contributed by atoms with Gasteiger partial charge >= 0.3 is 0 Å². The molecule has 0 amide bonds. The van der Waals surface area contributed by atoms with E-state index in [1.54, 1.807) is 40.6 Å². The zero-order valence-electron chi connectivity index (χ0n) is 17.2. The van der Waals surface area contributed by atoms with Crippen molar-refractivity contribution in [3.63, 3.8) is 0 Å². The zero-order valence-corrected chi connectivity index (χ0v) is 17.2. The average molecular weight is 402 g/mol. The van der Waals surface area contributed by atoms with E-state index in [4.69, 9.17) is 33.5 Å². The number of aliphatic hydroxyl groups excluding tert-OH is 1. The Labute approximate surface area is 170 Å². The van der Waals surface area contributed by atoms with E-state index in [0.29, 0.717) is 34.5 Å². The van der Waals surface area contributed by atoms with Crippen LogP contribution in [0.3, 0.4) is 0 Å². The molecule has 156 valence electrons. The maximum Gasteiger partial charge on any atom is 0.204 e. The van der Waals surface area contributed by atoms with Crippen LogP contribution in [0.2, 0.25) is 0 Å². The highest BCUT2D eigenvalue weighted by Crippen LogP contribution is 2.48. The normalized spacial score (nSPS) is 17.9. The Morgan fingerprint density at radius 2 is 1.55 bits per heavy atom. The van der Waals surface area contributed by atoms with Crippen molar-refractivity contribution >= 4 is 6.08 Å². The average Bonchev–Trinajstić information content (AvgIpc) is 2.75. The zero-order chi connectivity index (χ0) is 21.0. The molecule has 1 aliphatic heterocycles. The highest BCUT2D eigenvalue weighted by Gasteiger charge is 2.33. The van der Waals surface area contributed by atoms with Crippen LogP contribution in [0, 0.1) is 0 Å². The second-order valence-electron chi connectivity index (χ2n) is 6.46. The molecule has 0 aromatic heterocycles. The Morgan fingerprint density at radius 1 is 0.897 bits per heavy atom. The summed E-state index contributed by atoms with van der Waals surface area (Å²) in [6.07, 6.45) is 2.74. The van der Waals surface area contributed by atoms with Crippen LogP contribution in [0.5, 0.6) is 34.5 Å². The van der Waals surface area contributed by atoms with Crippen molar-refractivity contribution in [2.24, 2.45) is 0 Å². The van der Waals surface area contributed by atoms with Crippen LogP contribution in [0.25, 0.3) is 6.08 Å². The van der Waals surface area contributed by atoms with Gasteiger partial charge in [0.05, 0.1) is 35.0 Å². The number of fused-ring (bicyclic) bond motifs is 1. The van der Waals surface area contributed by atoms with E-state index in [0.717, 1.165) is 11.1 Å². The number of benzene rings is 2. The lowest BCUT2D eigenvalue weighted by Gasteiger charge is -2.33. The van der Waals surface area contributed by atoms with Gasteiger partial charge in [0, 0.05) is 5.56 Å². The minimum atomic E-state index is -0.405.